The molecule has 0 spiro atoms. The van der Waals surface area contributed by atoms with Crippen LogP contribution in [-0.4, -0.2) is 66.7 Å². The molecule has 106 valence electrons. The number of guanidine groups is 1. The summed E-state index contributed by atoms with van der Waals surface area (Å²) in [5.74, 6) is 6.74. The predicted octanol–water partition coefficient (Wildman–Crippen LogP) is -0.541. The number of likely N-dealkylation sites (N-methyl/N-ethyl adjacent to an activating group) is 1. The number of aliphatic hydroxyl groups excluding tert-OH is 1. The molecule has 0 saturated carbocycles. The van der Waals surface area contributed by atoms with E-state index >= 15 is 0 Å². The number of nitrogens with one attached hydrogen (secondary N) is 1. The second kappa shape index (κ2) is 6.92. The van der Waals surface area contributed by atoms with Gasteiger partial charge in [-0.25, -0.2) is 5.84 Å². The summed E-state index contributed by atoms with van der Waals surface area (Å²) in [7, 11) is 4.06. The number of nitrogens with zero attached hydrogens (tertiary/aromatic N) is 3. The molecule has 1 fully saturated rings. The first-order chi connectivity index (χ1) is 8.43. The van der Waals surface area contributed by atoms with Crippen LogP contribution in [0.1, 0.15) is 20.3 Å². The molecule has 0 aromatic carbocycles. The zero-order chi connectivity index (χ0) is 13.7. The molecule has 0 amide bonds. The molecular weight excluding hydrogens is 230 g/mol. The topological polar surface area (TPSA) is 77.1 Å². The zero-order valence-corrected chi connectivity index (χ0v) is 11.9. The van der Waals surface area contributed by atoms with Crippen LogP contribution in [0.3, 0.4) is 0 Å². The van der Waals surface area contributed by atoms with E-state index in [4.69, 9.17) is 5.84 Å². The molecule has 6 nitrogen and oxygen atoms in total. The summed E-state index contributed by atoms with van der Waals surface area (Å²) in [5, 5.41) is 9.82. The molecule has 1 rings (SSSR count). The number of hydrogen-bond donors (Lipinski definition) is 3. The van der Waals surface area contributed by atoms with Crippen LogP contribution in [-0.2, 0) is 0 Å². The van der Waals surface area contributed by atoms with Gasteiger partial charge in [0.1, 0.15) is 0 Å². The van der Waals surface area contributed by atoms with Crippen molar-refractivity contribution in [2.45, 2.75) is 32.4 Å². The van der Waals surface area contributed by atoms with Gasteiger partial charge in [-0.2, -0.15) is 0 Å². The van der Waals surface area contributed by atoms with Crippen LogP contribution in [0.15, 0.2) is 4.99 Å². The van der Waals surface area contributed by atoms with E-state index in [1.807, 2.05) is 14.1 Å². The molecule has 1 aliphatic heterocycles. The Kier molecular flexibility index (Phi) is 5.84. The molecule has 1 heterocycles. The highest BCUT2D eigenvalue weighted by atomic mass is 16.3. The molecule has 6 heteroatoms. The first-order valence-electron chi connectivity index (χ1n) is 6.54. The van der Waals surface area contributed by atoms with Crippen molar-refractivity contribution in [1.29, 1.82) is 0 Å². The van der Waals surface area contributed by atoms with Crippen LogP contribution in [0.25, 0.3) is 0 Å². The van der Waals surface area contributed by atoms with Crippen molar-refractivity contribution >= 4 is 5.96 Å². The van der Waals surface area contributed by atoms with Crippen molar-refractivity contribution in [1.82, 2.24) is 15.2 Å². The molecule has 2 unspecified atom stereocenters. The van der Waals surface area contributed by atoms with Gasteiger partial charge in [-0.15, -0.1) is 0 Å². The number of hydrazine groups is 1. The molecular formula is C12H27N5O. The number of rotatable bonds is 4. The average molecular weight is 257 g/mol. The number of aliphatic hydroxyl groups is 1. The van der Waals surface area contributed by atoms with Crippen LogP contribution >= 0.6 is 0 Å². The van der Waals surface area contributed by atoms with Gasteiger partial charge in [0.25, 0.3) is 0 Å². The fourth-order valence-corrected chi connectivity index (χ4v) is 2.23. The second-order valence-corrected chi connectivity index (χ2v) is 5.66. The number of nitrogens with two attached hydrogens (primary N) is 1. The average Bonchev–Trinajstić information content (AvgIpc) is 2.59. The van der Waals surface area contributed by atoms with E-state index in [-0.39, 0.29) is 12.1 Å². The molecule has 18 heavy (non-hydrogen) atoms. The number of aliphatic imine (C=N–C) groups is 1. The highest BCUT2D eigenvalue weighted by Crippen LogP contribution is 2.18. The molecule has 4 N–H and O–H groups in total. The van der Waals surface area contributed by atoms with Gasteiger partial charge in [0.2, 0.25) is 5.96 Å². The molecule has 0 aromatic heterocycles. The van der Waals surface area contributed by atoms with Gasteiger partial charge in [0.05, 0.1) is 6.10 Å². The molecule has 1 aliphatic rings. The number of likely N-dealkylation sites (tertiary alicyclic amines) is 1. The lowest BCUT2D eigenvalue weighted by molar-refractivity contribution is 0.187. The van der Waals surface area contributed by atoms with E-state index < -0.39 is 0 Å². The highest BCUT2D eigenvalue weighted by molar-refractivity contribution is 5.80. The normalized spacial score (nSPS) is 25.3. The van der Waals surface area contributed by atoms with Crippen LogP contribution < -0.4 is 11.3 Å². The van der Waals surface area contributed by atoms with Gasteiger partial charge in [0, 0.05) is 25.7 Å². The Morgan fingerprint density at radius 3 is 2.72 bits per heavy atom. The fourth-order valence-electron chi connectivity index (χ4n) is 2.23. The third-order valence-corrected chi connectivity index (χ3v) is 2.98. The summed E-state index contributed by atoms with van der Waals surface area (Å²) in [5.41, 5.74) is 2.67. The van der Waals surface area contributed by atoms with Crippen molar-refractivity contribution in [2.75, 3.05) is 33.7 Å². The summed E-state index contributed by atoms with van der Waals surface area (Å²) >= 11 is 0. The van der Waals surface area contributed by atoms with E-state index in [1.165, 1.54) is 0 Å². The van der Waals surface area contributed by atoms with E-state index in [2.05, 4.69) is 34.1 Å². The van der Waals surface area contributed by atoms with Crippen molar-refractivity contribution in [3.8, 4) is 0 Å². The van der Waals surface area contributed by atoms with Crippen molar-refractivity contribution < 1.29 is 5.11 Å². The molecule has 0 aliphatic carbocycles. The maximum Gasteiger partial charge on any atom is 0.208 e. The lowest BCUT2D eigenvalue weighted by Gasteiger charge is -2.29. The largest absolute Gasteiger partial charge is 0.391 e. The highest BCUT2D eigenvalue weighted by Gasteiger charge is 2.33. The lowest BCUT2D eigenvalue weighted by Crippen LogP contribution is -2.50. The van der Waals surface area contributed by atoms with E-state index in [1.54, 1.807) is 0 Å². The van der Waals surface area contributed by atoms with Crippen LogP contribution in [0, 0.1) is 5.92 Å². The van der Waals surface area contributed by atoms with Gasteiger partial charge in [-0.3, -0.25) is 10.4 Å². The van der Waals surface area contributed by atoms with Crippen molar-refractivity contribution in [3.05, 3.63) is 0 Å². The molecule has 1 saturated heterocycles. The minimum Gasteiger partial charge on any atom is -0.391 e. The predicted molar refractivity (Wildman–Crippen MR) is 74.1 cm³/mol. The smallest absolute Gasteiger partial charge is 0.208 e. The van der Waals surface area contributed by atoms with Crippen molar-refractivity contribution in [3.63, 3.8) is 0 Å². The fraction of sp³-hybridized carbons (Fsp3) is 0.917. The van der Waals surface area contributed by atoms with Gasteiger partial charge >= 0.3 is 0 Å². The van der Waals surface area contributed by atoms with Gasteiger partial charge < -0.3 is 14.9 Å². The first kappa shape index (κ1) is 15.2. The second-order valence-electron chi connectivity index (χ2n) is 5.66. The zero-order valence-electron chi connectivity index (χ0n) is 11.9. The Hall–Kier alpha value is -0.850. The summed E-state index contributed by atoms with van der Waals surface area (Å²) in [6.45, 7) is 6.46. The third-order valence-electron chi connectivity index (χ3n) is 2.98. The standard InChI is InChI=1S/C12H27N5O/c1-9(2)6-14-12(15-13)17-8-11(18)5-10(17)7-16(3)4/h9-11,18H,5-8,13H2,1-4H3,(H,14,15). The van der Waals surface area contributed by atoms with Crippen LogP contribution in [0.5, 0.6) is 0 Å². The Bertz CT molecular complexity index is 280. The number of β-amino-alcohol motifs (C(OH)–C–C–N with tert-alkyl or cyclic N) is 1. The lowest BCUT2D eigenvalue weighted by atomic mass is 10.2. The Labute approximate surface area is 110 Å². The quantitative estimate of drug-likeness (QED) is 0.273. The SMILES string of the molecule is CC(C)CN=C(NN)N1CC(O)CC1CN(C)C. The van der Waals surface area contributed by atoms with Crippen LogP contribution in [0.4, 0.5) is 0 Å². The van der Waals surface area contributed by atoms with Crippen LogP contribution in [0.2, 0.25) is 0 Å². The first-order valence-corrected chi connectivity index (χ1v) is 6.54. The summed E-state index contributed by atoms with van der Waals surface area (Å²) in [6.07, 6.45) is 0.466. The molecule has 0 radical (unpaired) electrons. The maximum atomic E-state index is 9.82. The maximum absolute atomic E-state index is 9.82. The summed E-state index contributed by atoms with van der Waals surface area (Å²) in [6, 6.07) is 0.261. The Morgan fingerprint density at radius 2 is 2.22 bits per heavy atom. The molecule has 2 atom stereocenters. The van der Waals surface area contributed by atoms with E-state index in [0.29, 0.717) is 18.4 Å². The van der Waals surface area contributed by atoms with Crippen molar-refractivity contribution in [2.24, 2.45) is 16.8 Å². The summed E-state index contributed by atoms with van der Waals surface area (Å²) in [4.78, 5) is 8.69. The Balaban J connectivity index is 2.72. The molecule has 0 bridgehead atoms. The summed E-state index contributed by atoms with van der Waals surface area (Å²) < 4.78 is 0. The van der Waals surface area contributed by atoms with Gasteiger partial charge in [-0.05, 0) is 26.4 Å². The molecule has 0 aromatic rings. The van der Waals surface area contributed by atoms with E-state index in [9.17, 15) is 5.11 Å². The number of hydrogen-bond acceptors (Lipinski definition) is 4. The van der Waals surface area contributed by atoms with Gasteiger partial charge in [0.15, 0.2) is 0 Å². The monoisotopic (exact) mass is 257 g/mol. The Morgan fingerprint density at radius 1 is 1.56 bits per heavy atom. The van der Waals surface area contributed by atoms with Gasteiger partial charge in [-0.1, -0.05) is 13.8 Å². The minimum atomic E-state index is -0.299. The third kappa shape index (κ3) is 4.44. The van der Waals surface area contributed by atoms with E-state index in [0.717, 1.165) is 19.5 Å². The minimum absolute atomic E-state index is 0.261.